The van der Waals surface area contributed by atoms with Crippen molar-refractivity contribution in [2.75, 3.05) is 7.11 Å². The number of carbonyl (C=O) groups excluding carboxylic acids is 2. The molecule has 0 radical (unpaired) electrons. The van der Waals surface area contributed by atoms with Gasteiger partial charge in [-0.1, -0.05) is 12.1 Å². The quantitative estimate of drug-likeness (QED) is 0.749. The number of ketones is 1. The summed E-state index contributed by atoms with van der Waals surface area (Å²) in [5.74, 6) is -1.80. The van der Waals surface area contributed by atoms with Gasteiger partial charge in [0.15, 0.2) is 5.60 Å². The molecule has 1 unspecified atom stereocenters. The van der Waals surface area contributed by atoms with Crippen LogP contribution >= 0.6 is 0 Å². The molecule has 0 N–H and O–H groups in total. The third kappa shape index (κ3) is 1.88. The number of methoxy groups -OCH3 is 1. The fraction of sp³-hybridized carbons (Fsp3) is 0.231. The van der Waals surface area contributed by atoms with E-state index in [9.17, 15) is 14.0 Å². The van der Waals surface area contributed by atoms with Crippen LogP contribution in [0.25, 0.3) is 0 Å². The molecule has 0 aliphatic carbocycles. The van der Waals surface area contributed by atoms with Crippen molar-refractivity contribution in [1.29, 1.82) is 0 Å². The Morgan fingerprint density at radius 3 is 2.78 bits per heavy atom. The Labute approximate surface area is 103 Å². The fourth-order valence-electron chi connectivity index (χ4n) is 1.74. The van der Waals surface area contributed by atoms with E-state index >= 15 is 0 Å². The van der Waals surface area contributed by atoms with Gasteiger partial charge in [-0.15, -0.1) is 0 Å². The van der Waals surface area contributed by atoms with Crippen molar-refractivity contribution in [1.82, 2.24) is 0 Å². The molecule has 0 saturated heterocycles. The third-order valence-electron chi connectivity index (χ3n) is 2.81. The minimum Gasteiger partial charge on any atom is -0.467 e. The lowest BCUT2D eigenvalue weighted by Crippen LogP contribution is -2.30. The van der Waals surface area contributed by atoms with E-state index in [-0.39, 0.29) is 5.76 Å². The standard InChI is InChI=1S/C13H11FO4/c1-13(8-4-3-5-9(14)6-8)11(15)7-10(18-13)12(16)17-2/h3-7H,1-2H3. The lowest BCUT2D eigenvalue weighted by atomic mass is 9.92. The summed E-state index contributed by atoms with van der Waals surface area (Å²) in [5, 5.41) is 0. The Morgan fingerprint density at radius 2 is 2.17 bits per heavy atom. The topological polar surface area (TPSA) is 52.6 Å². The predicted molar refractivity (Wildman–Crippen MR) is 59.9 cm³/mol. The zero-order valence-corrected chi connectivity index (χ0v) is 9.90. The number of ether oxygens (including phenoxy) is 2. The fourth-order valence-corrected chi connectivity index (χ4v) is 1.74. The molecule has 1 heterocycles. The largest absolute Gasteiger partial charge is 0.467 e. The van der Waals surface area contributed by atoms with E-state index in [4.69, 9.17) is 4.74 Å². The highest BCUT2D eigenvalue weighted by molar-refractivity contribution is 6.06. The minimum atomic E-state index is -1.38. The molecule has 0 spiro atoms. The molecule has 94 valence electrons. The first-order chi connectivity index (χ1) is 8.47. The molecular formula is C13H11FO4. The lowest BCUT2D eigenvalue weighted by Gasteiger charge is -2.23. The first-order valence-corrected chi connectivity index (χ1v) is 5.27. The Balaban J connectivity index is 2.36. The number of esters is 1. The number of carbonyl (C=O) groups is 2. The molecule has 0 amide bonds. The van der Waals surface area contributed by atoms with Crippen molar-refractivity contribution >= 4 is 11.8 Å². The zero-order valence-electron chi connectivity index (χ0n) is 9.90. The van der Waals surface area contributed by atoms with Crippen LogP contribution in [0.15, 0.2) is 36.1 Å². The van der Waals surface area contributed by atoms with Crippen molar-refractivity contribution in [3.63, 3.8) is 0 Å². The molecule has 4 nitrogen and oxygen atoms in total. The van der Waals surface area contributed by atoms with Crippen LogP contribution in [0.4, 0.5) is 4.39 Å². The Bertz CT molecular complexity index is 550. The summed E-state index contributed by atoms with van der Waals surface area (Å²) in [4.78, 5) is 23.2. The van der Waals surface area contributed by atoms with E-state index in [0.717, 1.165) is 6.08 Å². The van der Waals surface area contributed by atoms with Gasteiger partial charge >= 0.3 is 5.97 Å². The minimum absolute atomic E-state index is 0.172. The normalized spacial score (nSPS) is 22.4. The molecular weight excluding hydrogens is 239 g/mol. The highest BCUT2D eigenvalue weighted by Crippen LogP contribution is 2.35. The monoisotopic (exact) mass is 250 g/mol. The third-order valence-corrected chi connectivity index (χ3v) is 2.81. The Morgan fingerprint density at radius 1 is 1.44 bits per heavy atom. The number of rotatable bonds is 2. The average molecular weight is 250 g/mol. The van der Waals surface area contributed by atoms with Gasteiger partial charge in [-0.3, -0.25) is 4.79 Å². The van der Waals surface area contributed by atoms with Crippen LogP contribution in [0.3, 0.4) is 0 Å². The smallest absolute Gasteiger partial charge is 0.373 e. The second kappa shape index (κ2) is 4.25. The molecule has 1 aliphatic rings. The lowest BCUT2D eigenvalue weighted by molar-refractivity contribution is -0.144. The second-order valence-corrected chi connectivity index (χ2v) is 4.01. The zero-order chi connectivity index (χ0) is 13.3. The predicted octanol–water partition coefficient (Wildman–Crippen LogP) is 1.70. The van der Waals surface area contributed by atoms with E-state index in [1.165, 1.54) is 32.2 Å². The van der Waals surface area contributed by atoms with Crippen molar-refractivity contribution in [2.24, 2.45) is 0 Å². The summed E-state index contributed by atoms with van der Waals surface area (Å²) < 4.78 is 23.0. The molecule has 1 atom stereocenters. The van der Waals surface area contributed by atoms with Crippen molar-refractivity contribution < 1.29 is 23.5 Å². The molecule has 5 heteroatoms. The highest BCUT2D eigenvalue weighted by atomic mass is 19.1. The van der Waals surface area contributed by atoms with Gasteiger partial charge in [0.2, 0.25) is 11.5 Å². The molecule has 1 aromatic carbocycles. The van der Waals surface area contributed by atoms with Gasteiger partial charge in [0.05, 0.1) is 7.11 Å². The Kier molecular flexibility index (Phi) is 2.90. The summed E-state index contributed by atoms with van der Waals surface area (Å²) in [7, 11) is 1.19. The van der Waals surface area contributed by atoms with Crippen LogP contribution in [-0.4, -0.2) is 18.9 Å². The average Bonchev–Trinajstić information content (AvgIpc) is 2.66. The second-order valence-electron chi connectivity index (χ2n) is 4.01. The molecule has 0 saturated carbocycles. The van der Waals surface area contributed by atoms with Gasteiger partial charge in [-0.05, 0) is 19.1 Å². The maximum Gasteiger partial charge on any atom is 0.373 e. The molecule has 0 aromatic heterocycles. The van der Waals surface area contributed by atoms with Crippen LogP contribution in [-0.2, 0) is 24.7 Å². The summed E-state index contributed by atoms with van der Waals surface area (Å²) in [5.41, 5.74) is -1.03. The Hall–Kier alpha value is -2.17. The van der Waals surface area contributed by atoms with Gasteiger partial charge in [0.25, 0.3) is 0 Å². The molecule has 18 heavy (non-hydrogen) atoms. The molecule has 0 bridgehead atoms. The first kappa shape index (κ1) is 12.3. The van der Waals surface area contributed by atoms with E-state index in [0.29, 0.717) is 5.56 Å². The number of halogens is 1. The first-order valence-electron chi connectivity index (χ1n) is 5.27. The van der Waals surface area contributed by atoms with Crippen LogP contribution in [0.1, 0.15) is 12.5 Å². The summed E-state index contributed by atoms with van der Waals surface area (Å²) in [6, 6.07) is 5.50. The van der Waals surface area contributed by atoms with Gasteiger partial charge in [0.1, 0.15) is 5.82 Å². The van der Waals surface area contributed by atoms with Gasteiger partial charge < -0.3 is 9.47 Å². The van der Waals surface area contributed by atoms with E-state index in [2.05, 4.69) is 4.74 Å². The maximum atomic E-state index is 13.2. The SMILES string of the molecule is COC(=O)C1=CC(=O)C(C)(c2cccc(F)c2)O1. The highest BCUT2D eigenvalue weighted by Gasteiger charge is 2.44. The molecule has 1 aromatic rings. The van der Waals surface area contributed by atoms with E-state index in [1.54, 1.807) is 6.07 Å². The van der Waals surface area contributed by atoms with Crippen molar-refractivity contribution in [3.05, 3.63) is 47.5 Å². The van der Waals surface area contributed by atoms with E-state index in [1.807, 2.05) is 0 Å². The van der Waals surface area contributed by atoms with Crippen LogP contribution in [0.5, 0.6) is 0 Å². The van der Waals surface area contributed by atoms with Crippen LogP contribution < -0.4 is 0 Å². The number of benzene rings is 1. The van der Waals surface area contributed by atoms with Gasteiger partial charge in [0, 0.05) is 11.6 Å². The number of hydrogen-bond acceptors (Lipinski definition) is 4. The van der Waals surface area contributed by atoms with E-state index < -0.39 is 23.2 Å². The maximum absolute atomic E-state index is 13.2. The summed E-state index contributed by atoms with van der Waals surface area (Å²) in [6.07, 6.45) is 1.07. The van der Waals surface area contributed by atoms with Crippen molar-refractivity contribution in [2.45, 2.75) is 12.5 Å². The van der Waals surface area contributed by atoms with Gasteiger partial charge in [-0.2, -0.15) is 0 Å². The number of hydrogen-bond donors (Lipinski definition) is 0. The van der Waals surface area contributed by atoms with Crippen LogP contribution in [0, 0.1) is 5.82 Å². The van der Waals surface area contributed by atoms with Crippen molar-refractivity contribution in [3.8, 4) is 0 Å². The molecule has 2 rings (SSSR count). The molecule has 1 aliphatic heterocycles. The summed E-state index contributed by atoms with van der Waals surface area (Å²) >= 11 is 0. The molecule has 0 fully saturated rings. The summed E-state index contributed by atoms with van der Waals surface area (Å²) in [6.45, 7) is 1.48. The van der Waals surface area contributed by atoms with Crippen LogP contribution in [0.2, 0.25) is 0 Å². The van der Waals surface area contributed by atoms with Gasteiger partial charge in [-0.25, -0.2) is 9.18 Å².